The van der Waals surface area contributed by atoms with Gasteiger partial charge in [0.1, 0.15) is 17.3 Å². The number of pyridine rings is 1. The number of benzene rings is 2. The van der Waals surface area contributed by atoms with Crippen LogP contribution < -0.4 is 19.7 Å². The molecule has 3 heterocycles. The van der Waals surface area contributed by atoms with Gasteiger partial charge in [0, 0.05) is 36.3 Å². The molecular weight excluding hydrogens is 490 g/mol. The lowest BCUT2D eigenvalue weighted by molar-refractivity contribution is -0.383. The van der Waals surface area contributed by atoms with E-state index in [1.54, 1.807) is 18.2 Å². The van der Waals surface area contributed by atoms with Gasteiger partial charge >= 0.3 is 0 Å². The highest BCUT2D eigenvalue weighted by atomic mass is 19.1. The predicted octanol–water partition coefficient (Wildman–Crippen LogP) is 5.28. The van der Waals surface area contributed by atoms with Gasteiger partial charge in [-0.2, -0.15) is 0 Å². The Morgan fingerprint density at radius 2 is 1.76 bits per heavy atom. The van der Waals surface area contributed by atoms with Crippen LogP contribution in [0.5, 0.6) is 11.5 Å². The lowest BCUT2D eigenvalue weighted by Gasteiger charge is -2.28. The third kappa shape index (κ3) is 4.58. The van der Waals surface area contributed by atoms with Gasteiger partial charge < -0.3 is 28.8 Å². The molecule has 1 aliphatic heterocycles. The Bertz CT molecular complexity index is 1460. The molecular formula is C25H22F2N4O6. The molecule has 0 bridgehead atoms. The SMILES string of the molecule is COc1cc(OC)c(F)c(-c2cc3cc(Nc4ccc(N5CCOCC5)cc4[N+](=O)[O-])ncc3o2)c1F. The summed E-state index contributed by atoms with van der Waals surface area (Å²) in [5.41, 5.74) is 0.661. The molecule has 0 aliphatic carbocycles. The van der Waals surface area contributed by atoms with Crippen LogP contribution in [0.15, 0.2) is 47.0 Å². The summed E-state index contributed by atoms with van der Waals surface area (Å²) in [4.78, 5) is 17.6. The normalized spacial score (nSPS) is 13.6. The first-order valence-electron chi connectivity index (χ1n) is 11.3. The molecule has 0 amide bonds. The largest absolute Gasteiger partial charge is 0.494 e. The van der Waals surface area contributed by atoms with Crippen molar-refractivity contribution in [2.75, 3.05) is 50.7 Å². The number of nitro benzene ring substituents is 1. The zero-order chi connectivity index (χ0) is 26.1. The molecule has 0 unspecified atom stereocenters. The van der Waals surface area contributed by atoms with E-state index in [2.05, 4.69) is 10.3 Å². The number of hydrogen-bond donors (Lipinski definition) is 1. The van der Waals surface area contributed by atoms with E-state index in [9.17, 15) is 18.9 Å². The number of anilines is 3. The highest BCUT2D eigenvalue weighted by Gasteiger charge is 2.25. The number of methoxy groups -OCH3 is 2. The van der Waals surface area contributed by atoms with Crippen molar-refractivity contribution in [3.63, 3.8) is 0 Å². The van der Waals surface area contributed by atoms with Crippen LogP contribution in [0, 0.1) is 21.7 Å². The number of nitrogens with one attached hydrogen (secondary N) is 1. The molecule has 37 heavy (non-hydrogen) atoms. The fraction of sp³-hybridized carbons (Fsp3) is 0.240. The van der Waals surface area contributed by atoms with Gasteiger partial charge in [-0.25, -0.2) is 13.8 Å². The summed E-state index contributed by atoms with van der Waals surface area (Å²) >= 11 is 0. The van der Waals surface area contributed by atoms with Crippen LogP contribution in [0.25, 0.3) is 22.3 Å². The van der Waals surface area contributed by atoms with Crippen molar-refractivity contribution < 1.29 is 32.3 Å². The summed E-state index contributed by atoms with van der Waals surface area (Å²) < 4.78 is 50.9. The van der Waals surface area contributed by atoms with Gasteiger partial charge in [0.05, 0.1) is 44.1 Å². The minimum absolute atomic E-state index is 0.0954. The van der Waals surface area contributed by atoms with E-state index < -0.39 is 22.1 Å². The number of morpholine rings is 1. The topological polar surface area (TPSA) is 112 Å². The summed E-state index contributed by atoms with van der Waals surface area (Å²) in [5, 5.41) is 15.2. The lowest BCUT2D eigenvalue weighted by atomic mass is 10.1. The second-order valence-corrected chi connectivity index (χ2v) is 8.19. The zero-order valence-corrected chi connectivity index (χ0v) is 19.9. The Kier molecular flexibility index (Phi) is 6.49. The molecule has 0 radical (unpaired) electrons. The van der Waals surface area contributed by atoms with E-state index in [1.165, 1.54) is 32.5 Å². The van der Waals surface area contributed by atoms with Gasteiger partial charge in [0.25, 0.3) is 5.69 Å². The van der Waals surface area contributed by atoms with Crippen molar-refractivity contribution >= 4 is 33.8 Å². The molecule has 10 nitrogen and oxygen atoms in total. The third-order valence-electron chi connectivity index (χ3n) is 6.04. The van der Waals surface area contributed by atoms with E-state index in [1.807, 2.05) is 4.90 Å². The zero-order valence-electron chi connectivity index (χ0n) is 19.9. The molecule has 0 saturated carbocycles. The van der Waals surface area contributed by atoms with Crippen LogP contribution in [0.2, 0.25) is 0 Å². The highest BCUT2D eigenvalue weighted by molar-refractivity contribution is 5.86. The van der Waals surface area contributed by atoms with Gasteiger partial charge in [-0.05, 0) is 24.3 Å². The van der Waals surface area contributed by atoms with Gasteiger partial charge in [-0.15, -0.1) is 0 Å². The average Bonchev–Trinajstić information content (AvgIpc) is 3.32. The van der Waals surface area contributed by atoms with Gasteiger partial charge in [0.2, 0.25) is 0 Å². The van der Waals surface area contributed by atoms with Crippen LogP contribution in [-0.2, 0) is 4.74 Å². The second-order valence-electron chi connectivity index (χ2n) is 8.19. The number of hydrogen-bond acceptors (Lipinski definition) is 9. The summed E-state index contributed by atoms with van der Waals surface area (Å²) in [7, 11) is 2.51. The summed E-state index contributed by atoms with van der Waals surface area (Å²) in [6, 6.07) is 9.02. The number of ether oxygens (including phenoxy) is 3. The molecule has 2 aromatic heterocycles. The molecule has 1 N–H and O–H groups in total. The van der Waals surface area contributed by atoms with Gasteiger partial charge in [-0.3, -0.25) is 10.1 Å². The number of fused-ring (bicyclic) bond motifs is 1. The smallest absolute Gasteiger partial charge is 0.294 e. The number of halogens is 2. The fourth-order valence-electron chi connectivity index (χ4n) is 4.17. The van der Waals surface area contributed by atoms with Crippen molar-refractivity contribution in [1.29, 1.82) is 0 Å². The Morgan fingerprint density at radius 3 is 2.41 bits per heavy atom. The Hall–Kier alpha value is -4.45. The summed E-state index contributed by atoms with van der Waals surface area (Å²) in [5.74, 6) is -2.11. The second kappa shape index (κ2) is 9.90. The number of rotatable bonds is 7. The number of nitro groups is 1. The first kappa shape index (κ1) is 24.3. The molecule has 1 aliphatic rings. The van der Waals surface area contributed by atoms with Crippen LogP contribution in [0.4, 0.5) is 31.7 Å². The van der Waals surface area contributed by atoms with Crippen molar-refractivity contribution in [2.24, 2.45) is 0 Å². The number of aromatic nitrogens is 1. The Labute approximate surface area is 209 Å². The van der Waals surface area contributed by atoms with Crippen LogP contribution >= 0.6 is 0 Å². The minimum Gasteiger partial charge on any atom is -0.494 e. The maximum atomic E-state index is 14.9. The first-order chi connectivity index (χ1) is 17.9. The standard InChI is InChI=1S/C25H22F2N4O6/c1-34-19-12-20(35-2)25(27)23(24(19)26)18-9-14-10-22(28-13-21(14)37-18)29-16-4-3-15(11-17(16)31(32)33)30-5-7-36-8-6-30/h3-4,9-13H,5-8H2,1-2H3,(H,28,29). The summed E-state index contributed by atoms with van der Waals surface area (Å²) in [6.07, 6.45) is 1.36. The molecule has 1 fully saturated rings. The van der Waals surface area contributed by atoms with Gasteiger partial charge in [-0.1, -0.05) is 0 Å². The number of furan rings is 1. The third-order valence-corrected chi connectivity index (χ3v) is 6.04. The molecule has 4 aromatic rings. The Morgan fingerprint density at radius 1 is 1.05 bits per heavy atom. The summed E-state index contributed by atoms with van der Waals surface area (Å²) in [6.45, 7) is 2.40. The highest BCUT2D eigenvalue weighted by Crippen LogP contribution is 2.40. The van der Waals surface area contributed by atoms with Gasteiger partial charge in [0.15, 0.2) is 28.7 Å². The Balaban J connectivity index is 1.48. The maximum Gasteiger partial charge on any atom is 0.294 e. The molecule has 192 valence electrons. The lowest BCUT2D eigenvalue weighted by Crippen LogP contribution is -2.36. The maximum absolute atomic E-state index is 14.9. The number of nitrogens with zero attached hydrogens (tertiary/aromatic N) is 3. The van der Waals surface area contributed by atoms with Crippen molar-refractivity contribution in [1.82, 2.24) is 4.98 Å². The van der Waals surface area contributed by atoms with Crippen molar-refractivity contribution in [3.05, 3.63) is 64.3 Å². The van der Waals surface area contributed by atoms with Crippen LogP contribution in [0.3, 0.4) is 0 Å². The van der Waals surface area contributed by atoms with Crippen molar-refractivity contribution in [2.45, 2.75) is 0 Å². The average molecular weight is 512 g/mol. The quantitative estimate of drug-likeness (QED) is 0.261. The van der Waals surface area contributed by atoms with E-state index in [-0.39, 0.29) is 40.0 Å². The molecule has 5 rings (SSSR count). The molecule has 0 spiro atoms. The van der Waals surface area contributed by atoms with Crippen molar-refractivity contribution in [3.8, 4) is 22.8 Å². The van der Waals surface area contributed by atoms with E-state index in [0.717, 1.165) is 11.8 Å². The van der Waals surface area contributed by atoms with Crippen LogP contribution in [-0.4, -0.2) is 50.4 Å². The van der Waals surface area contributed by atoms with E-state index in [0.29, 0.717) is 31.7 Å². The monoisotopic (exact) mass is 512 g/mol. The van der Waals surface area contributed by atoms with E-state index >= 15 is 0 Å². The molecule has 12 heteroatoms. The fourth-order valence-corrected chi connectivity index (χ4v) is 4.17. The molecule has 0 atom stereocenters. The van der Waals surface area contributed by atoms with Crippen LogP contribution in [0.1, 0.15) is 0 Å². The molecule has 1 saturated heterocycles. The first-order valence-corrected chi connectivity index (χ1v) is 11.3. The minimum atomic E-state index is -0.942. The van der Waals surface area contributed by atoms with E-state index in [4.69, 9.17) is 18.6 Å². The molecule has 2 aromatic carbocycles. The predicted molar refractivity (Wildman–Crippen MR) is 132 cm³/mol.